The van der Waals surface area contributed by atoms with Crippen molar-refractivity contribution in [3.05, 3.63) is 20.3 Å². The van der Waals surface area contributed by atoms with Crippen LogP contribution >= 0.6 is 27.3 Å². The first-order valence-corrected chi connectivity index (χ1v) is 6.92. The third kappa shape index (κ3) is 3.28. The Kier molecular flexibility index (Phi) is 4.20. The molecule has 0 atom stereocenters. The van der Waals surface area contributed by atoms with Crippen LogP contribution in [-0.2, 0) is 11.3 Å². The van der Waals surface area contributed by atoms with Crippen LogP contribution < -0.4 is 5.32 Å². The molecule has 1 aliphatic heterocycles. The predicted molar refractivity (Wildman–Crippen MR) is 67.4 cm³/mol. The van der Waals surface area contributed by atoms with E-state index < -0.39 is 0 Å². The van der Waals surface area contributed by atoms with Gasteiger partial charge in [0.2, 0.25) is 0 Å². The molecule has 0 aromatic carbocycles. The lowest BCUT2D eigenvalue weighted by Crippen LogP contribution is -2.34. The van der Waals surface area contributed by atoms with Crippen molar-refractivity contribution in [1.29, 1.82) is 0 Å². The molecular formula is C11H16BrNOS. The molecule has 15 heavy (non-hydrogen) atoms. The molecule has 2 heterocycles. The van der Waals surface area contributed by atoms with Crippen molar-refractivity contribution in [2.24, 2.45) is 0 Å². The lowest BCUT2D eigenvalue weighted by Gasteiger charge is -2.22. The summed E-state index contributed by atoms with van der Waals surface area (Å²) in [6.07, 6.45) is 2.29. The average Bonchev–Trinajstić information content (AvgIpc) is 2.57. The maximum atomic E-state index is 5.33. The maximum absolute atomic E-state index is 5.33. The van der Waals surface area contributed by atoms with Gasteiger partial charge in [0.25, 0.3) is 0 Å². The summed E-state index contributed by atoms with van der Waals surface area (Å²) >= 11 is 5.41. The fourth-order valence-corrected chi connectivity index (χ4v) is 3.30. The minimum atomic E-state index is 0.639. The second-order valence-electron chi connectivity index (χ2n) is 3.88. The van der Waals surface area contributed by atoms with Crippen molar-refractivity contribution < 1.29 is 4.74 Å². The molecule has 1 N–H and O–H groups in total. The molecule has 0 saturated carbocycles. The van der Waals surface area contributed by atoms with Crippen molar-refractivity contribution >= 4 is 27.3 Å². The molecule has 0 amide bonds. The first kappa shape index (κ1) is 11.6. The van der Waals surface area contributed by atoms with E-state index in [1.165, 1.54) is 14.2 Å². The quantitative estimate of drug-likeness (QED) is 0.923. The van der Waals surface area contributed by atoms with Crippen LogP contribution in [0.1, 0.15) is 22.6 Å². The van der Waals surface area contributed by atoms with Gasteiger partial charge in [-0.1, -0.05) is 0 Å². The van der Waals surface area contributed by atoms with Crippen LogP contribution in [0.5, 0.6) is 0 Å². The van der Waals surface area contributed by atoms with Gasteiger partial charge in [0.05, 0.1) is 0 Å². The number of halogens is 1. The van der Waals surface area contributed by atoms with E-state index in [9.17, 15) is 0 Å². The zero-order valence-electron chi connectivity index (χ0n) is 8.88. The minimum absolute atomic E-state index is 0.639. The molecule has 0 aliphatic carbocycles. The van der Waals surface area contributed by atoms with Crippen LogP contribution in [0.4, 0.5) is 0 Å². The van der Waals surface area contributed by atoms with Gasteiger partial charge >= 0.3 is 0 Å². The van der Waals surface area contributed by atoms with Crippen LogP contribution in [0, 0.1) is 6.92 Å². The second-order valence-corrected chi connectivity index (χ2v) is 6.08. The van der Waals surface area contributed by atoms with E-state index in [1.54, 1.807) is 0 Å². The molecule has 0 bridgehead atoms. The van der Waals surface area contributed by atoms with Crippen molar-refractivity contribution in [3.8, 4) is 0 Å². The fraction of sp³-hybridized carbons (Fsp3) is 0.636. The number of hydrogen-bond donors (Lipinski definition) is 1. The lowest BCUT2D eigenvalue weighted by molar-refractivity contribution is 0.0777. The third-order valence-corrected chi connectivity index (χ3v) is 4.83. The van der Waals surface area contributed by atoms with E-state index >= 15 is 0 Å². The van der Waals surface area contributed by atoms with Crippen molar-refractivity contribution in [2.45, 2.75) is 32.4 Å². The Morgan fingerprint density at radius 2 is 2.27 bits per heavy atom. The van der Waals surface area contributed by atoms with Gasteiger partial charge in [-0.15, -0.1) is 11.3 Å². The van der Waals surface area contributed by atoms with E-state index in [0.29, 0.717) is 6.04 Å². The molecule has 2 rings (SSSR count). The minimum Gasteiger partial charge on any atom is -0.381 e. The van der Waals surface area contributed by atoms with E-state index in [0.717, 1.165) is 32.6 Å². The maximum Gasteiger partial charge on any atom is 0.0480 e. The molecule has 1 aromatic heterocycles. The van der Waals surface area contributed by atoms with Crippen LogP contribution in [0.25, 0.3) is 0 Å². The molecular weight excluding hydrogens is 274 g/mol. The molecule has 2 nitrogen and oxygen atoms in total. The van der Waals surface area contributed by atoms with Gasteiger partial charge in [-0.25, -0.2) is 0 Å². The number of aryl methyl sites for hydroxylation is 1. The third-order valence-electron chi connectivity index (χ3n) is 2.69. The topological polar surface area (TPSA) is 21.3 Å². The fourth-order valence-electron chi connectivity index (χ4n) is 1.75. The first-order chi connectivity index (χ1) is 7.25. The normalized spacial score (nSPS) is 18.3. The van der Waals surface area contributed by atoms with E-state index in [2.05, 4.69) is 34.2 Å². The standard InChI is InChI=1S/C11H16BrNOS/c1-8-11(12)6-10(15-8)7-13-9-2-4-14-5-3-9/h6,9,13H,2-5,7H2,1H3. The number of nitrogens with one attached hydrogen (secondary N) is 1. The van der Waals surface area contributed by atoms with Crippen LogP contribution in [-0.4, -0.2) is 19.3 Å². The van der Waals surface area contributed by atoms with Crippen LogP contribution in [0.3, 0.4) is 0 Å². The summed E-state index contributed by atoms with van der Waals surface area (Å²) in [6, 6.07) is 2.85. The Morgan fingerprint density at radius 3 is 2.87 bits per heavy atom. The van der Waals surface area contributed by atoms with Gasteiger partial charge in [0.1, 0.15) is 0 Å². The Labute approximate surface area is 103 Å². The van der Waals surface area contributed by atoms with E-state index in [1.807, 2.05) is 11.3 Å². The Hall–Kier alpha value is 0.100. The lowest BCUT2D eigenvalue weighted by atomic mass is 10.1. The summed E-state index contributed by atoms with van der Waals surface area (Å²) in [7, 11) is 0. The molecule has 1 aliphatic rings. The molecule has 0 unspecified atom stereocenters. The van der Waals surface area contributed by atoms with Crippen molar-refractivity contribution in [2.75, 3.05) is 13.2 Å². The van der Waals surface area contributed by atoms with Gasteiger partial charge in [0, 0.05) is 40.0 Å². The monoisotopic (exact) mass is 289 g/mol. The van der Waals surface area contributed by atoms with Gasteiger partial charge in [-0.05, 0) is 41.8 Å². The summed E-state index contributed by atoms with van der Waals surface area (Å²) in [5, 5.41) is 3.59. The van der Waals surface area contributed by atoms with Gasteiger partial charge < -0.3 is 10.1 Å². The predicted octanol–water partition coefficient (Wildman–Crippen LogP) is 3.09. The summed E-state index contributed by atoms with van der Waals surface area (Å²) < 4.78 is 6.56. The smallest absolute Gasteiger partial charge is 0.0480 e. The Bertz CT molecular complexity index is 301. The molecule has 1 fully saturated rings. The molecule has 0 spiro atoms. The Morgan fingerprint density at radius 1 is 1.53 bits per heavy atom. The van der Waals surface area contributed by atoms with Gasteiger partial charge in [-0.2, -0.15) is 0 Å². The SMILES string of the molecule is Cc1sc(CNC2CCOCC2)cc1Br. The van der Waals surface area contributed by atoms with E-state index in [-0.39, 0.29) is 0 Å². The first-order valence-electron chi connectivity index (χ1n) is 5.31. The highest BCUT2D eigenvalue weighted by molar-refractivity contribution is 9.10. The highest BCUT2D eigenvalue weighted by Gasteiger charge is 2.13. The number of hydrogen-bond acceptors (Lipinski definition) is 3. The Balaban J connectivity index is 1.81. The highest BCUT2D eigenvalue weighted by atomic mass is 79.9. The highest BCUT2D eigenvalue weighted by Crippen LogP contribution is 2.26. The molecule has 84 valence electrons. The van der Waals surface area contributed by atoms with Gasteiger partial charge in [-0.3, -0.25) is 0 Å². The molecule has 4 heteroatoms. The summed E-state index contributed by atoms with van der Waals surface area (Å²) in [6.45, 7) is 4.95. The summed E-state index contributed by atoms with van der Waals surface area (Å²) in [5.41, 5.74) is 0. The molecule has 0 radical (unpaired) electrons. The van der Waals surface area contributed by atoms with Crippen LogP contribution in [0.15, 0.2) is 10.5 Å². The molecule has 1 saturated heterocycles. The van der Waals surface area contributed by atoms with Gasteiger partial charge in [0.15, 0.2) is 0 Å². The number of ether oxygens (including phenoxy) is 1. The summed E-state index contributed by atoms with van der Waals surface area (Å²) in [4.78, 5) is 2.77. The molecule has 1 aromatic rings. The van der Waals surface area contributed by atoms with Crippen LogP contribution in [0.2, 0.25) is 0 Å². The zero-order chi connectivity index (χ0) is 10.7. The second kappa shape index (κ2) is 5.43. The number of thiophene rings is 1. The largest absolute Gasteiger partial charge is 0.381 e. The zero-order valence-corrected chi connectivity index (χ0v) is 11.3. The summed E-state index contributed by atoms with van der Waals surface area (Å²) in [5.74, 6) is 0. The number of rotatable bonds is 3. The van der Waals surface area contributed by atoms with Crippen molar-refractivity contribution in [1.82, 2.24) is 5.32 Å². The van der Waals surface area contributed by atoms with E-state index in [4.69, 9.17) is 4.74 Å². The van der Waals surface area contributed by atoms with Crippen molar-refractivity contribution in [3.63, 3.8) is 0 Å². The average molecular weight is 290 g/mol.